The molecule has 5 nitrogen and oxygen atoms in total. The highest BCUT2D eigenvalue weighted by molar-refractivity contribution is 14.0. The fourth-order valence-corrected chi connectivity index (χ4v) is 3.15. The van der Waals surface area contributed by atoms with Crippen LogP contribution in [0.1, 0.15) is 24.8 Å². The summed E-state index contributed by atoms with van der Waals surface area (Å²) in [6.07, 6.45) is 2.66. The van der Waals surface area contributed by atoms with Crippen LogP contribution in [-0.2, 0) is 14.9 Å². The van der Waals surface area contributed by atoms with Crippen molar-refractivity contribution in [3.05, 3.63) is 34.3 Å². The summed E-state index contributed by atoms with van der Waals surface area (Å²) >= 11 is 3.64. The lowest BCUT2D eigenvalue weighted by atomic mass is 9.96. The van der Waals surface area contributed by atoms with Crippen LogP contribution in [0.5, 0.6) is 0 Å². The molecule has 0 aromatic heterocycles. The maximum absolute atomic E-state index is 11.1. The lowest BCUT2D eigenvalue weighted by Crippen LogP contribution is -2.42. The van der Waals surface area contributed by atoms with Crippen LogP contribution in [0.2, 0.25) is 0 Å². The van der Waals surface area contributed by atoms with Crippen molar-refractivity contribution in [2.45, 2.75) is 24.7 Å². The quantitative estimate of drug-likeness (QED) is 0.276. The molecule has 1 saturated carbocycles. The number of ether oxygens (including phenoxy) is 1. The summed E-state index contributed by atoms with van der Waals surface area (Å²) in [5.74, 6) is 0.483. The number of guanidine groups is 1. The van der Waals surface area contributed by atoms with Crippen LogP contribution >= 0.6 is 39.9 Å². The number of nitrogens with one attached hydrogen (secondary N) is 2. The van der Waals surface area contributed by atoms with Gasteiger partial charge in [-0.15, -0.1) is 24.0 Å². The molecular formula is C16H23BrIN3O2. The number of benzene rings is 1. The normalized spacial score (nSPS) is 15.3. The van der Waals surface area contributed by atoms with Gasteiger partial charge in [-0.1, -0.05) is 34.1 Å². The van der Waals surface area contributed by atoms with Gasteiger partial charge in [-0.05, 0) is 24.5 Å². The summed E-state index contributed by atoms with van der Waals surface area (Å²) in [5.41, 5.74) is 1.52. The summed E-state index contributed by atoms with van der Waals surface area (Å²) in [6, 6.07) is 8.36. The fraction of sp³-hybridized carbons (Fsp3) is 0.500. The van der Waals surface area contributed by atoms with Gasteiger partial charge >= 0.3 is 5.97 Å². The van der Waals surface area contributed by atoms with Gasteiger partial charge in [-0.3, -0.25) is 9.79 Å². The second-order valence-corrected chi connectivity index (χ2v) is 6.29. The van der Waals surface area contributed by atoms with Crippen molar-refractivity contribution in [3.63, 3.8) is 0 Å². The van der Waals surface area contributed by atoms with Crippen molar-refractivity contribution in [1.82, 2.24) is 10.6 Å². The number of rotatable bonds is 6. The molecule has 0 bridgehead atoms. The Balaban J connectivity index is 0.00000264. The second-order valence-electron chi connectivity index (χ2n) is 5.44. The Bertz CT molecular complexity index is 562. The van der Waals surface area contributed by atoms with Crippen LogP contribution < -0.4 is 10.6 Å². The monoisotopic (exact) mass is 495 g/mol. The smallest absolute Gasteiger partial charge is 0.307 e. The summed E-state index contributed by atoms with van der Waals surface area (Å²) in [7, 11) is 3.12. The third-order valence-electron chi connectivity index (χ3n) is 3.97. The predicted octanol–water partition coefficient (Wildman–Crippen LogP) is 2.83. The Kier molecular flexibility index (Phi) is 8.32. The molecule has 1 aliphatic carbocycles. The molecule has 128 valence electrons. The highest BCUT2D eigenvalue weighted by Crippen LogP contribution is 2.49. The Hall–Kier alpha value is -0.830. The first-order chi connectivity index (χ1) is 10.6. The van der Waals surface area contributed by atoms with E-state index >= 15 is 0 Å². The van der Waals surface area contributed by atoms with Gasteiger partial charge < -0.3 is 15.4 Å². The molecule has 7 heteroatoms. The van der Waals surface area contributed by atoms with Gasteiger partial charge in [0.2, 0.25) is 0 Å². The second kappa shape index (κ2) is 9.46. The highest BCUT2D eigenvalue weighted by Gasteiger charge is 2.45. The topological polar surface area (TPSA) is 62.7 Å². The van der Waals surface area contributed by atoms with Crippen LogP contribution in [-0.4, -0.2) is 39.2 Å². The van der Waals surface area contributed by atoms with Gasteiger partial charge in [0, 0.05) is 30.0 Å². The van der Waals surface area contributed by atoms with E-state index in [9.17, 15) is 4.79 Å². The van der Waals surface area contributed by atoms with E-state index in [1.54, 1.807) is 7.05 Å². The highest BCUT2D eigenvalue weighted by atomic mass is 127. The summed E-state index contributed by atoms with van der Waals surface area (Å²) in [5, 5.41) is 6.48. The molecule has 0 aliphatic heterocycles. The van der Waals surface area contributed by atoms with Crippen LogP contribution in [0, 0.1) is 0 Å². The van der Waals surface area contributed by atoms with Gasteiger partial charge in [-0.25, -0.2) is 0 Å². The van der Waals surface area contributed by atoms with Gasteiger partial charge in [0.05, 0.1) is 13.5 Å². The minimum absolute atomic E-state index is 0. The number of hydrogen-bond donors (Lipinski definition) is 2. The van der Waals surface area contributed by atoms with Crippen molar-refractivity contribution in [2.75, 3.05) is 27.2 Å². The zero-order chi connectivity index (χ0) is 16.0. The third kappa shape index (κ3) is 5.63. The first-order valence-electron chi connectivity index (χ1n) is 7.37. The number of halogens is 2. The average molecular weight is 496 g/mol. The van der Waals surface area contributed by atoms with E-state index < -0.39 is 0 Å². The van der Waals surface area contributed by atoms with Crippen molar-refractivity contribution in [3.8, 4) is 0 Å². The maximum atomic E-state index is 11.1. The fourth-order valence-electron chi connectivity index (χ4n) is 2.44. The standard InChI is InChI=1S/C16H22BrN3O2.HI/c1-18-15(19-10-7-14(21)22-2)20-11-16(8-9-16)12-5-3-4-6-13(12)17;/h3-6H,7-11H2,1-2H3,(H2,18,19,20);1H. The first-order valence-corrected chi connectivity index (χ1v) is 8.17. The van der Waals surface area contributed by atoms with Gasteiger partial charge in [-0.2, -0.15) is 0 Å². The molecule has 0 amide bonds. The van der Waals surface area contributed by atoms with Gasteiger partial charge in [0.1, 0.15) is 0 Å². The summed E-state index contributed by atoms with van der Waals surface area (Å²) < 4.78 is 5.77. The molecular weight excluding hydrogens is 473 g/mol. The molecule has 0 heterocycles. The predicted molar refractivity (Wildman–Crippen MR) is 106 cm³/mol. The molecule has 0 saturated heterocycles. The zero-order valence-electron chi connectivity index (χ0n) is 13.4. The zero-order valence-corrected chi connectivity index (χ0v) is 17.3. The Morgan fingerprint density at radius 1 is 1.35 bits per heavy atom. The number of carbonyl (C=O) groups excluding carboxylic acids is 1. The molecule has 0 unspecified atom stereocenters. The Morgan fingerprint density at radius 2 is 2.04 bits per heavy atom. The lowest BCUT2D eigenvalue weighted by molar-refractivity contribution is -0.140. The Morgan fingerprint density at radius 3 is 2.61 bits per heavy atom. The molecule has 1 aromatic rings. The molecule has 1 aromatic carbocycles. The van der Waals surface area contributed by atoms with Crippen molar-refractivity contribution in [1.29, 1.82) is 0 Å². The van der Waals surface area contributed by atoms with Crippen molar-refractivity contribution >= 4 is 51.8 Å². The van der Waals surface area contributed by atoms with Crippen LogP contribution in [0.15, 0.2) is 33.7 Å². The van der Waals surface area contributed by atoms with E-state index in [0.717, 1.165) is 11.0 Å². The largest absolute Gasteiger partial charge is 0.469 e. The molecule has 23 heavy (non-hydrogen) atoms. The lowest BCUT2D eigenvalue weighted by Gasteiger charge is -2.20. The molecule has 0 atom stereocenters. The van der Waals surface area contributed by atoms with Gasteiger partial charge in [0.15, 0.2) is 5.96 Å². The van der Waals surface area contributed by atoms with Crippen molar-refractivity contribution < 1.29 is 9.53 Å². The van der Waals surface area contributed by atoms with E-state index in [0.29, 0.717) is 18.9 Å². The number of carbonyl (C=O) groups is 1. The molecule has 2 N–H and O–H groups in total. The van der Waals surface area contributed by atoms with E-state index in [1.165, 1.54) is 25.5 Å². The summed E-state index contributed by atoms with van der Waals surface area (Å²) in [6.45, 7) is 1.34. The minimum atomic E-state index is -0.227. The molecule has 0 radical (unpaired) electrons. The van der Waals surface area contributed by atoms with Gasteiger partial charge in [0.25, 0.3) is 0 Å². The average Bonchev–Trinajstić information content (AvgIpc) is 3.31. The molecule has 1 aliphatic rings. The van der Waals surface area contributed by atoms with E-state index in [-0.39, 0.29) is 35.4 Å². The SMILES string of the molecule is CN=C(NCCC(=O)OC)NCC1(c2ccccc2Br)CC1.I. The number of esters is 1. The van der Waals surface area contributed by atoms with E-state index in [4.69, 9.17) is 0 Å². The van der Waals surface area contributed by atoms with Crippen molar-refractivity contribution in [2.24, 2.45) is 4.99 Å². The number of nitrogens with zero attached hydrogens (tertiary/aromatic N) is 1. The minimum Gasteiger partial charge on any atom is -0.469 e. The third-order valence-corrected chi connectivity index (χ3v) is 4.66. The molecule has 0 spiro atoms. The summed E-state index contributed by atoms with van der Waals surface area (Å²) in [4.78, 5) is 15.3. The molecule has 1 fully saturated rings. The van der Waals surface area contributed by atoms with Crippen LogP contribution in [0.3, 0.4) is 0 Å². The molecule has 2 rings (SSSR count). The van der Waals surface area contributed by atoms with E-state index in [2.05, 4.69) is 54.5 Å². The number of hydrogen-bond acceptors (Lipinski definition) is 3. The number of methoxy groups -OCH3 is 1. The number of aliphatic imine (C=N–C) groups is 1. The first kappa shape index (κ1) is 20.2. The van der Waals surface area contributed by atoms with E-state index in [1.807, 2.05) is 6.07 Å². The maximum Gasteiger partial charge on any atom is 0.307 e. The Labute approximate surface area is 162 Å². The van der Waals surface area contributed by atoms with Crippen LogP contribution in [0.25, 0.3) is 0 Å². The van der Waals surface area contributed by atoms with Crippen LogP contribution in [0.4, 0.5) is 0 Å².